The molecule has 1 atom stereocenters. The van der Waals surface area contributed by atoms with Gasteiger partial charge in [0.1, 0.15) is 0 Å². The van der Waals surface area contributed by atoms with Crippen LogP contribution in [0.1, 0.15) is 36.1 Å². The summed E-state index contributed by atoms with van der Waals surface area (Å²) in [6.07, 6.45) is 8.51. The second kappa shape index (κ2) is 9.18. The van der Waals surface area contributed by atoms with Crippen molar-refractivity contribution in [3.05, 3.63) is 47.0 Å². The van der Waals surface area contributed by atoms with E-state index in [1.807, 2.05) is 11.3 Å². The molecule has 0 bridgehead atoms. The molecule has 2 saturated heterocycles. The van der Waals surface area contributed by atoms with Gasteiger partial charge in [-0.1, -0.05) is 30.3 Å². The van der Waals surface area contributed by atoms with Crippen LogP contribution in [0.2, 0.25) is 0 Å². The number of benzene rings is 1. The summed E-state index contributed by atoms with van der Waals surface area (Å²) in [5, 5.41) is 1.23. The standard InChI is InChI=1S/C22H32N4S/c1-24(15-11-19-8-3-2-4-9-19)20-10-7-12-25(17-20)18-21-16-23-22(27-21)26-13-5-6-14-26/h2-4,8-9,16,20H,5-7,10-15,17-18H2,1H3/t20-/m1/s1. The normalized spacial score (nSPS) is 21.3. The quantitative estimate of drug-likeness (QED) is 0.722. The Morgan fingerprint density at radius 1 is 1.11 bits per heavy atom. The first-order valence-electron chi connectivity index (χ1n) is 10.4. The lowest BCUT2D eigenvalue weighted by Crippen LogP contribution is -2.46. The first-order chi connectivity index (χ1) is 13.3. The van der Waals surface area contributed by atoms with Gasteiger partial charge in [0.15, 0.2) is 5.13 Å². The third-order valence-electron chi connectivity index (χ3n) is 6.00. The highest BCUT2D eigenvalue weighted by Crippen LogP contribution is 2.27. The average molecular weight is 385 g/mol. The number of nitrogens with zero attached hydrogens (tertiary/aromatic N) is 4. The predicted octanol–water partition coefficient (Wildman–Crippen LogP) is 3.88. The zero-order valence-corrected chi connectivity index (χ0v) is 17.3. The van der Waals surface area contributed by atoms with E-state index in [0.717, 1.165) is 19.5 Å². The van der Waals surface area contributed by atoms with Crippen molar-refractivity contribution in [2.75, 3.05) is 44.7 Å². The third-order valence-corrected chi connectivity index (χ3v) is 7.04. The molecule has 0 N–H and O–H groups in total. The van der Waals surface area contributed by atoms with E-state index in [1.54, 1.807) is 0 Å². The second-order valence-corrected chi connectivity index (χ2v) is 9.14. The van der Waals surface area contributed by atoms with Crippen LogP contribution in [0.3, 0.4) is 0 Å². The monoisotopic (exact) mass is 384 g/mol. The van der Waals surface area contributed by atoms with Crippen LogP contribution in [-0.2, 0) is 13.0 Å². The summed E-state index contributed by atoms with van der Waals surface area (Å²) in [5.41, 5.74) is 1.44. The minimum Gasteiger partial charge on any atom is -0.348 e. The number of rotatable bonds is 7. The van der Waals surface area contributed by atoms with Crippen LogP contribution in [0.15, 0.2) is 36.5 Å². The van der Waals surface area contributed by atoms with Crippen LogP contribution >= 0.6 is 11.3 Å². The molecule has 1 aromatic carbocycles. The zero-order valence-electron chi connectivity index (χ0n) is 16.5. The fourth-order valence-electron chi connectivity index (χ4n) is 4.31. The fraction of sp³-hybridized carbons (Fsp3) is 0.591. The highest BCUT2D eigenvalue weighted by Gasteiger charge is 2.24. The Kier molecular flexibility index (Phi) is 6.43. The highest BCUT2D eigenvalue weighted by atomic mass is 32.1. The molecule has 1 aromatic heterocycles. The zero-order chi connectivity index (χ0) is 18.5. The lowest BCUT2D eigenvalue weighted by Gasteiger charge is -2.37. The molecule has 0 radical (unpaired) electrons. The van der Waals surface area contributed by atoms with Gasteiger partial charge in [-0.3, -0.25) is 4.90 Å². The van der Waals surface area contributed by atoms with E-state index in [2.05, 4.69) is 63.3 Å². The van der Waals surface area contributed by atoms with Crippen molar-refractivity contribution in [3.8, 4) is 0 Å². The van der Waals surface area contributed by atoms with E-state index < -0.39 is 0 Å². The van der Waals surface area contributed by atoms with Crippen molar-refractivity contribution in [1.82, 2.24) is 14.8 Å². The van der Waals surface area contributed by atoms with Crippen LogP contribution < -0.4 is 4.90 Å². The summed E-state index contributed by atoms with van der Waals surface area (Å²) in [7, 11) is 2.30. The topological polar surface area (TPSA) is 22.6 Å². The van der Waals surface area contributed by atoms with Crippen molar-refractivity contribution in [1.29, 1.82) is 0 Å². The molecular formula is C22H32N4S. The van der Waals surface area contributed by atoms with Gasteiger partial charge in [-0.2, -0.15) is 0 Å². The molecule has 3 heterocycles. The molecule has 4 rings (SSSR count). The van der Waals surface area contributed by atoms with E-state index in [1.165, 1.54) is 67.4 Å². The maximum atomic E-state index is 4.69. The van der Waals surface area contributed by atoms with Gasteiger partial charge in [0.25, 0.3) is 0 Å². The van der Waals surface area contributed by atoms with Crippen LogP contribution in [0.4, 0.5) is 5.13 Å². The Morgan fingerprint density at radius 2 is 1.93 bits per heavy atom. The molecule has 0 spiro atoms. The molecule has 0 aliphatic carbocycles. The number of likely N-dealkylation sites (tertiary alicyclic amines) is 1. The van der Waals surface area contributed by atoms with Crippen molar-refractivity contribution in [2.24, 2.45) is 0 Å². The van der Waals surface area contributed by atoms with Gasteiger partial charge in [-0.05, 0) is 51.3 Å². The third kappa shape index (κ3) is 5.09. The summed E-state index contributed by atoms with van der Waals surface area (Å²) in [5.74, 6) is 0. The predicted molar refractivity (Wildman–Crippen MR) is 115 cm³/mol. The molecule has 2 aliphatic heterocycles. The Labute approximate surface area is 167 Å². The maximum absolute atomic E-state index is 4.69. The molecule has 27 heavy (non-hydrogen) atoms. The Hall–Kier alpha value is -1.43. The molecule has 0 unspecified atom stereocenters. The molecule has 2 aliphatic rings. The molecule has 146 valence electrons. The van der Waals surface area contributed by atoms with Crippen molar-refractivity contribution >= 4 is 16.5 Å². The Balaban J connectivity index is 1.27. The number of thiazole rings is 1. The van der Waals surface area contributed by atoms with Gasteiger partial charge < -0.3 is 9.80 Å². The summed E-state index contributed by atoms with van der Waals surface area (Å²) in [4.78, 5) is 13.8. The first kappa shape index (κ1) is 18.9. The Bertz CT molecular complexity index is 695. The molecule has 0 saturated carbocycles. The fourth-order valence-corrected chi connectivity index (χ4v) is 5.32. The average Bonchev–Trinajstić information content (AvgIpc) is 3.39. The van der Waals surface area contributed by atoms with E-state index >= 15 is 0 Å². The van der Waals surface area contributed by atoms with E-state index in [-0.39, 0.29) is 0 Å². The van der Waals surface area contributed by atoms with Crippen molar-refractivity contribution < 1.29 is 0 Å². The maximum Gasteiger partial charge on any atom is 0.185 e. The largest absolute Gasteiger partial charge is 0.348 e. The minimum atomic E-state index is 0.674. The number of hydrogen-bond acceptors (Lipinski definition) is 5. The van der Waals surface area contributed by atoms with Gasteiger partial charge in [-0.25, -0.2) is 4.98 Å². The number of hydrogen-bond donors (Lipinski definition) is 0. The molecule has 0 amide bonds. The summed E-state index contributed by atoms with van der Waals surface area (Å²) in [6, 6.07) is 11.5. The van der Waals surface area contributed by atoms with Crippen LogP contribution in [0.25, 0.3) is 0 Å². The number of aromatic nitrogens is 1. The molecule has 2 fully saturated rings. The van der Waals surface area contributed by atoms with E-state index in [9.17, 15) is 0 Å². The van der Waals surface area contributed by atoms with Crippen LogP contribution in [-0.4, -0.2) is 60.6 Å². The second-order valence-electron chi connectivity index (χ2n) is 8.05. The SMILES string of the molecule is CN(CCc1ccccc1)[C@@H]1CCCN(Cc2cnc(N3CCCC3)s2)C1. The first-order valence-corrected chi connectivity index (χ1v) is 11.3. The summed E-state index contributed by atoms with van der Waals surface area (Å²) < 4.78 is 0. The lowest BCUT2D eigenvalue weighted by atomic mass is 10.0. The van der Waals surface area contributed by atoms with Crippen LogP contribution in [0, 0.1) is 0 Å². The van der Waals surface area contributed by atoms with Crippen LogP contribution in [0.5, 0.6) is 0 Å². The minimum absolute atomic E-state index is 0.674. The van der Waals surface area contributed by atoms with Gasteiger partial charge in [0.2, 0.25) is 0 Å². The van der Waals surface area contributed by atoms with Gasteiger partial charge in [0.05, 0.1) is 0 Å². The van der Waals surface area contributed by atoms with Crippen molar-refractivity contribution in [3.63, 3.8) is 0 Å². The lowest BCUT2D eigenvalue weighted by molar-refractivity contribution is 0.113. The Morgan fingerprint density at radius 3 is 2.74 bits per heavy atom. The number of piperidine rings is 1. The molecule has 4 nitrogen and oxygen atoms in total. The molecule has 2 aromatic rings. The number of likely N-dealkylation sites (N-methyl/N-ethyl adjacent to an activating group) is 1. The van der Waals surface area contributed by atoms with Crippen molar-refractivity contribution in [2.45, 2.75) is 44.7 Å². The van der Waals surface area contributed by atoms with E-state index in [4.69, 9.17) is 0 Å². The van der Waals surface area contributed by atoms with Gasteiger partial charge in [0, 0.05) is 49.8 Å². The van der Waals surface area contributed by atoms with Gasteiger partial charge in [-0.15, -0.1) is 11.3 Å². The smallest absolute Gasteiger partial charge is 0.185 e. The highest BCUT2D eigenvalue weighted by molar-refractivity contribution is 7.15. The molecule has 5 heteroatoms. The van der Waals surface area contributed by atoms with E-state index in [0.29, 0.717) is 6.04 Å². The summed E-state index contributed by atoms with van der Waals surface area (Å²) >= 11 is 1.90. The summed E-state index contributed by atoms with van der Waals surface area (Å²) in [6.45, 7) is 6.98. The van der Waals surface area contributed by atoms with Gasteiger partial charge >= 0.3 is 0 Å². The number of anilines is 1. The molecular weight excluding hydrogens is 352 g/mol.